The van der Waals surface area contributed by atoms with Gasteiger partial charge in [0.25, 0.3) is 10.0 Å². The standard InChI is InChI=1S/2C28H33OS.C24H25O2S.C20H17OS.C19H16NO2S2/c1-27(2,3)20-9-13-25-23(17-20)24-18-21(28(4,5)6)10-14-26(24)30(25)22-11-7-19(8-12-22)15-16-29;29-22-12-6-4-2-1-3-5-7-13-23-18-20-24(21-19-23)30-27-16-10-8-14-25(27)26-15-9-11-17-28(26)30;1-15-5-7-22-20(11-15)21-12-16(2)6-8-23(21)27(22)19-13-17(3)24(18(4)14-19)26-10-9-25;21-14-13-15-9-11-16(12-10-15)22-19-7-3-1-5-17(19)18-6-2-4-8-20(18)22;1-20-16-11-5-6-12-17(16)23(15-9-3-2-4-10-15)18-13-7-8-14-19(18)24(20,21)22/h7-14,17-18,29H,15-16H2,1-6H3;8-11,14-21,29H,1-7,12-13,22H2;5-8,11-14,25H,9-10H2,1-4H3;1-12,21H,13-14H2;2-14H,1H3/q5*+1. The number of nitrogens with zero attached hydrogens (tertiary/aromatic N) is 1. The van der Waals surface area contributed by atoms with Crippen molar-refractivity contribution in [1.29, 1.82) is 0 Å². The highest BCUT2D eigenvalue weighted by Gasteiger charge is 2.44. The number of fused-ring (bicyclic) bond motifs is 14. The van der Waals surface area contributed by atoms with E-state index < -0.39 is 20.9 Å². The van der Waals surface area contributed by atoms with Gasteiger partial charge in [0.15, 0.2) is 71.9 Å². The van der Waals surface area contributed by atoms with Gasteiger partial charge in [-0.05, 0) is 279 Å². The normalized spacial score (nSPS) is 13.0. The van der Waals surface area contributed by atoms with Crippen LogP contribution in [0.3, 0.4) is 0 Å². The summed E-state index contributed by atoms with van der Waals surface area (Å²) in [4.78, 5) is 8.83. The first-order valence-electron chi connectivity index (χ1n) is 46.7. The third-order valence-corrected chi connectivity index (χ3v) is 38.8. The lowest BCUT2D eigenvalue weighted by Crippen LogP contribution is -2.26. The average molecular weight is 1870 g/mol. The highest BCUT2D eigenvalue weighted by molar-refractivity contribution is 7.99. The number of benzene rings is 15. The lowest BCUT2D eigenvalue weighted by atomic mass is 9.85. The van der Waals surface area contributed by atoms with E-state index in [4.69, 9.17) is 20.1 Å². The molecule has 0 aliphatic carbocycles. The van der Waals surface area contributed by atoms with Crippen LogP contribution in [-0.4, -0.2) is 68.9 Å². The Morgan fingerprint density at radius 1 is 0.301 bits per heavy atom. The summed E-state index contributed by atoms with van der Waals surface area (Å²) < 4.78 is 44.8. The maximum Gasteiger partial charge on any atom is 0.269 e. The maximum absolute atomic E-state index is 13.1. The zero-order chi connectivity index (χ0) is 93.1. The molecular formula is C119H124NO7S6+5. The van der Waals surface area contributed by atoms with Crippen LogP contribution >= 0.6 is 41.9 Å². The summed E-state index contributed by atoms with van der Waals surface area (Å²) in [5, 5.41) is 47.2. The SMILES string of the molecule is CC(C)(C)c1ccc2c(c1)c1cc(C(C)(C)C)ccc1[s+]2-c1ccc(CCO)cc1.CN1c2ccccc2[S+](c2ccccc2)c2ccccc2S1(=O)=O.Cc1ccc2c(c1)c1cc(C)ccc1[s+]2-c1cc(C)c(OCCO)c(C)c1.OCCCCCCCCCCc1ccc(-[s+]2c3ccccc3c3ccccc32)cc1.OCCc1ccc(-[s+]2c3ccccc3c3ccccc32)cc1. The molecule has 1 aliphatic rings. The van der Waals surface area contributed by atoms with E-state index in [-0.39, 0.29) is 72.5 Å². The van der Waals surface area contributed by atoms with Crippen molar-refractivity contribution >= 4 is 149 Å². The number of thiophene rings is 4. The summed E-state index contributed by atoms with van der Waals surface area (Å²) in [5.74, 6) is 0.892. The monoisotopic (exact) mass is 1870 g/mol. The number of aliphatic hydroxyl groups is 4. The van der Waals surface area contributed by atoms with Gasteiger partial charge >= 0.3 is 0 Å². The predicted molar refractivity (Wildman–Crippen MR) is 576 cm³/mol. The second kappa shape index (κ2) is 42.7. The molecule has 15 aromatic carbocycles. The number of rotatable bonds is 22. The molecular weight excluding hydrogens is 1750 g/mol. The molecule has 0 amide bonds. The fourth-order valence-electron chi connectivity index (χ4n) is 18.3. The Morgan fingerprint density at radius 3 is 1.06 bits per heavy atom. The van der Waals surface area contributed by atoms with E-state index in [1.807, 2.05) is 54.6 Å². The van der Waals surface area contributed by atoms with Crippen LogP contribution in [0.25, 0.3) is 100 Å². The number of hydrogen-bond acceptors (Lipinski definition) is 7. The molecule has 14 heteroatoms. The van der Waals surface area contributed by atoms with E-state index in [9.17, 15) is 13.5 Å². The van der Waals surface area contributed by atoms with Gasteiger partial charge < -0.3 is 25.2 Å². The highest BCUT2D eigenvalue weighted by Crippen LogP contribution is 2.55. The lowest BCUT2D eigenvalue weighted by molar-refractivity contribution is 0.200. The van der Waals surface area contributed by atoms with Gasteiger partial charge in [-0.15, -0.1) is 0 Å². The number of aliphatic hydroxyl groups excluding tert-OH is 4. The number of unbranched alkanes of at least 4 members (excludes halogenated alkanes) is 7. The Balaban J connectivity index is 0.000000122. The molecule has 0 spiro atoms. The van der Waals surface area contributed by atoms with Crippen LogP contribution in [0.2, 0.25) is 0 Å². The molecule has 19 aromatic rings. The van der Waals surface area contributed by atoms with Gasteiger partial charge in [0.2, 0.25) is 0 Å². The molecule has 5 heterocycles. The third kappa shape index (κ3) is 20.9. The van der Waals surface area contributed by atoms with Gasteiger partial charge in [0, 0.05) is 124 Å². The zero-order valence-electron chi connectivity index (χ0n) is 78.5. The Bertz CT molecular complexity index is 7140. The van der Waals surface area contributed by atoms with Crippen molar-refractivity contribution in [2.75, 3.05) is 44.4 Å². The molecule has 0 saturated carbocycles. The van der Waals surface area contributed by atoms with Crippen LogP contribution in [-0.2, 0) is 51.0 Å². The summed E-state index contributed by atoms with van der Waals surface area (Å²) in [5.41, 5.74) is 12.5. The Kier molecular flexibility index (Phi) is 30.5. The molecule has 20 rings (SSSR count). The zero-order valence-corrected chi connectivity index (χ0v) is 83.4. The minimum Gasteiger partial charge on any atom is -0.491 e. The van der Waals surface area contributed by atoms with E-state index >= 15 is 0 Å². The predicted octanol–water partition coefficient (Wildman–Crippen LogP) is 31.8. The summed E-state index contributed by atoms with van der Waals surface area (Å²) in [6, 6.07) is 120. The fourth-order valence-corrected chi connectivity index (χ4v) is 32.1. The van der Waals surface area contributed by atoms with Gasteiger partial charge in [0.05, 0.1) is 6.61 Å². The summed E-state index contributed by atoms with van der Waals surface area (Å²) in [6.45, 7) is 23.3. The molecule has 1 unspecified atom stereocenters. The molecule has 0 saturated heterocycles. The number of anilines is 1. The van der Waals surface area contributed by atoms with Crippen molar-refractivity contribution < 1.29 is 33.6 Å². The minimum atomic E-state index is -3.57. The molecule has 678 valence electrons. The Labute approximate surface area is 799 Å². The number of hydrogen-bond donors (Lipinski definition) is 4. The number of aryl methyl sites for hydroxylation is 5. The van der Waals surface area contributed by atoms with Crippen molar-refractivity contribution in [3.63, 3.8) is 0 Å². The number of sulfonamides is 1. The second-order valence-corrected chi connectivity index (χ2v) is 48.5. The molecule has 0 fully saturated rings. The highest BCUT2D eigenvalue weighted by atomic mass is 32.2. The van der Waals surface area contributed by atoms with E-state index in [1.54, 1.807) is 19.2 Å². The molecule has 1 atom stereocenters. The molecule has 0 radical (unpaired) electrons. The van der Waals surface area contributed by atoms with Gasteiger partial charge in [-0.1, -0.05) is 243 Å². The summed E-state index contributed by atoms with van der Waals surface area (Å²) >= 11 is 0. The third-order valence-electron chi connectivity index (χ3n) is 25.2. The van der Waals surface area contributed by atoms with Gasteiger partial charge in [-0.25, -0.2) is 8.42 Å². The molecule has 1 aliphatic heterocycles. The molecule has 0 bridgehead atoms. The van der Waals surface area contributed by atoms with E-state index in [1.165, 1.54) is 195 Å². The lowest BCUT2D eigenvalue weighted by Gasteiger charge is -2.19. The molecule has 4 N–H and O–H groups in total. The Morgan fingerprint density at radius 2 is 0.647 bits per heavy atom. The topological polar surface area (TPSA) is 128 Å². The van der Waals surface area contributed by atoms with E-state index in [0.29, 0.717) is 24.5 Å². The van der Waals surface area contributed by atoms with Crippen LogP contribution in [0.15, 0.2) is 353 Å². The summed E-state index contributed by atoms with van der Waals surface area (Å²) in [6.07, 6.45) is 12.7. The second-order valence-electron chi connectivity index (χ2n) is 36.8. The van der Waals surface area contributed by atoms with Crippen LogP contribution in [0.5, 0.6) is 5.75 Å². The van der Waals surface area contributed by atoms with E-state index in [0.717, 1.165) is 50.1 Å². The molecule has 8 nitrogen and oxygen atoms in total. The fraction of sp³-hybridized carbons (Fsp3) is 0.244. The maximum atomic E-state index is 13.1. The minimum absolute atomic E-state index is 0.0153. The number of ether oxygens (including phenoxy) is 1. The van der Waals surface area contributed by atoms with Crippen LogP contribution < -0.4 is 9.04 Å². The quantitative estimate of drug-likeness (QED) is 0.0393. The van der Waals surface area contributed by atoms with Crippen molar-refractivity contribution in [2.45, 2.75) is 170 Å². The van der Waals surface area contributed by atoms with Crippen molar-refractivity contribution in [3.8, 4) is 25.3 Å². The molecule has 4 aromatic heterocycles. The van der Waals surface area contributed by atoms with Crippen molar-refractivity contribution in [1.82, 2.24) is 0 Å². The van der Waals surface area contributed by atoms with Crippen LogP contribution in [0.1, 0.15) is 143 Å². The molecule has 133 heavy (non-hydrogen) atoms. The van der Waals surface area contributed by atoms with Crippen molar-refractivity contribution in [3.05, 3.63) is 384 Å². The van der Waals surface area contributed by atoms with Gasteiger partial charge in [-0.2, -0.15) is 0 Å². The van der Waals surface area contributed by atoms with Crippen molar-refractivity contribution in [2.24, 2.45) is 0 Å². The van der Waals surface area contributed by atoms with Crippen LogP contribution in [0, 0.1) is 27.7 Å². The first-order chi connectivity index (χ1) is 64.4. The van der Waals surface area contributed by atoms with Gasteiger partial charge in [-0.3, -0.25) is 4.31 Å². The largest absolute Gasteiger partial charge is 0.491 e. The van der Waals surface area contributed by atoms with Gasteiger partial charge in [0.1, 0.15) is 33.8 Å². The number of para-hydroxylation sites is 1. The van der Waals surface area contributed by atoms with Crippen LogP contribution in [0.4, 0.5) is 5.69 Å². The smallest absolute Gasteiger partial charge is 0.269 e. The Hall–Kier alpha value is -11.1. The van der Waals surface area contributed by atoms with E-state index in [2.05, 4.69) is 336 Å². The average Bonchev–Trinajstić information content (AvgIpc) is 1.61. The summed E-state index contributed by atoms with van der Waals surface area (Å²) in [7, 11) is -2.58. The first-order valence-corrected chi connectivity index (χ1v) is 54.3. The first kappa shape index (κ1) is 95.1.